The lowest BCUT2D eigenvalue weighted by molar-refractivity contribution is -0.142. The van der Waals surface area contributed by atoms with Gasteiger partial charge in [-0.05, 0) is 44.1 Å². The zero-order valence-corrected chi connectivity index (χ0v) is 18.0. The Kier molecular flexibility index (Phi) is 6.51. The quantitative estimate of drug-likeness (QED) is 0.783. The number of fused-ring (bicyclic) bond motifs is 1. The van der Waals surface area contributed by atoms with E-state index in [4.69, 9.17) is 26.8 Å². The van der Waals surface area contributed by atoms with Crippen LogP contribution in [0.2, 0.25) is 5.02 Å². The van der Waals surface area contributed by atoms with Crippen LogP contribution in [0.25, 0.3) is 0 Å². The summed E-state index contributed by atoms with van der Waals surface area (Å²) in [4.78, 5) is 28.7. The maximum Gasteiger partial charge on any atom is 0.226 e. The maximum atomic E-state index is 13.5. The van der Waals surface area contributed by atoms with Gasteiger partial charge in [0.25, 0.3) is 0 Å². The summed E-state index contributed by atoms with van der Waals surface area (Å²) in [7, 11) is 0. The van der Waals surface area contributed by atoms with Crippen molar-refractivity contribution in [2.45, 2.75) is 44.2 Å². The number of carbonyl (C=O) groups excluding carboxylic acids is 2. The second kappa shape index (κ2) is 9.12. The van der Waals surface area contributed by atoms with Crippen LogP contribution in [0.1, 0.15) is 37.7 Å². The first kappa shape index (κ1) is 21.4. The van der Waals surface area contributed by atoms with E-state index in [1.165, 1.54) is 0 Å². The van der Waals surface area contributed by atoms with Crippen molar-refractivity contribution in [2.24, 2.45) is 11.7 Å². The smallest absolute Gasteiger partial charge is 0.226 e. The Morgan fingerprint density at radius 2 is 1.93 bits per heavy atom. The van der Waals surface area contributed by atoms with Gasteiger partial charge in [-0.2, -0.15) is 0 Å². The van der Waals surface area contributed by atoms with Crippen molar-refractivity contribution in [1.82, 2.24) is 9.80 Å². The zero-order chi connectivity index (χ0) is 21.1. The molecule has 2 amide bonds. The Balaban J connectivity index is 1.48. The molecule has 0 unspecified atom stereocenters. The summed E-state index contributed by atoms with van der Waals surface area (Å²) in [6.07, 6.45) is 3.50. The van der Waals surface area contributed by atoms with E-state index in [-0.39, 0.29) is 17.7 Å². The third-order valence-corrected chi connectivity index (χ3v) is 6.75. The van der Waals surface area contributed by atoms with Crippen molar-refractivity contribution in [1.29, 1.82) is 0 Å². The number of hydrogen-bond acceptors (Lipinski definition) is 5. The number of piperidine rings is 1. The standard InChI is InChI=1S/C22H30ClN3O4/c23-18-1-2-19-17(13-18)14-26(15-22(30-19)6-11-29-12-7-22)21(28)16-3-8-25(9-4-16)10-5-20(24)27/h1-2,13,16H,3-12,14-15H2,(H2,24,27). The summed E-state index contributed by atoms with van der Waals surface area (Å²) in [5, 5.41) is 0.649. The Bertz CT molecular complexity index is 789. The van der Waals surface area contributed by atoms with Crippen LogP contribution in [0.4, 0.5) is 0 Å². The van der Waals surface area contributed by atoms with Crippen molar-refractivity contribution >= 4 is 23.4 Å². The molecule has 0 bridgehead atoms. The first-order chi connectivity index (χ1) is 14.4. The van der Waals surface area contributed by atoms with E-state index in [1.807, 2.05) is 23.1 Å². The average molecular weight is 436 g/mol. The number of rotatable bonds is 4. The molecule has 164 valence electrons. The van der Waals surface area contributed by atoms with Crippen LogP contribution in [0.5, 0.6) is 5.75 Å². The van der Waals surface area contributed by atoms with Gasteiger partial charge in [-0.25, -0.2) is 0 Å². The second-order valence-corrected chi connectivity index (χ2v) is 9.11. The number of likely N-dealkylation sites (tertiary alicyclic amines) is 1. The van der Waals surface area contributed by atoms with E-state index in [9.17, 15) is 9.59 Å². The predicted molar refractivity (Wildman–Crippen MR) is 113 cm³/mol. The summed E-state index contributed by atoms with van der Waals surface area (Å²) in [6, 6.07) is 5.66. The largest absolute Gasteiger partial charge is 0.485 e. The number of benzene rings is 1. The molecule has 3 aliphatic rings. The van der Waals surface area contributed by atoms with Crippen molar-refractivity contribution < 1.29 is 19.1 Å². The average Bonchev–Trinajstić information content (AvgIpc) is 2.89. The van der Waals surface area contributed by atoms with Crippen LogP contribution in [-0.4, -0.2) is 66.6 Å². The highest BCUT2D eigenvalue weighted by Crippen LogP contribution is 2.37. The van der Waals surface area contributed by atoms with Crippen LogP contribution >= 0.6 is 11.6 Å². The molecule has 0 radical (unpaired) electrons. The van der Waals surface area contributed by atoms with Crippen LogP contribution in [0.15, 0.2) is 18.2 Å². The lowest BCUT2D eigenvalue weighted by Crippen LogP contribution is -2.52. The number of carbonyl (C=O) groups is 2. The zero-order valence-electron chi connectivity index (χ0n) is 17.3. The third kappa shape index (κ3) is 4.90. The van der Waals surface area contributed by atoms with E-state index >= 15 is 0 Å². The molecule has 4 rings (SSSR count). The van der Waals surface area contributed by atoms with Crippen molar-refractivity contribution in [3.63, 3.8) is 0 Å². The first-order valence-corrected chi connectivity index (χ1v) is 11.2. The van der Waals surface area contributed by atoms with Gasteiger partial charge in [0.05, 0.1) is 19.8 Å². The molecule has 3 heterocycles. The van der Waals surface area contributed by atoms with Crippen LogP contribution in [0.3, 0.4) is 0 Å². The van der Waals surface area contributed by atoms with Gasteiger partial charge in [0.15, 0.2) is 0 Å². The number of ether oxygens (including phenoxy) is 2. The molecule has 0 saturated carbocycles. The monoisotopic (exact) mass is 435 g/mol. The van der Waals surface area contributed by atoms with Crippen LogP contribution in [0, 0.1) is 5.92 Å². The highest BCUT2D eigenvalue weighted by Gasteiger charge is 2.42. The molecule has 2 N–H and O–H groups in total. The van der Waals surface area contributed by atoms with Gasteiger partial charge in [-0.15, -0.1) is 0 Å². The van der Waals surface area contributed by atoms with E-state index in [0.29, 0.717) is 44.3 Å². The number of hydrogen-bond donors (Lipinski definition) is 1. The van der Waals surface area contributed by atoms with Crippen molar-refractivity contribution in [3.8, 4) is 5.75 Å². The van der Waals surface area contributed by atoms with Gasteiger partial charge in [0.2, 0.25) is 11.8 Å². The number of nitrogens with two attached hydrogens (primary N) is 1. The molecule has 1 spiro atoms. The topological polar surface area (TPSA) is 85.1 Å². The minimum atomic E-state index is -0.408. The molecule has 0 aliphatic carbocycles. The number of primary amides is 1. The van der Waals surface area contributed by atoms with Crippen molar-refractivity contribution in [2.75, 3.05) is 39.4 Å². The molecule has 0 aromatic heterocycles. The highest BCUT2D eigenvalue weighted by atomic mass is 35.5. The number of halogens is 1. The fraction of sp³-hybridized carbons (Fsp3) is 0.636. The molecule has 30 heavy (non-hydrogen) atoms. The second-order valence-electron chi connectivity index (χ2n) is 8.68. The molecule has 2 fully saturated rings. The van der Waals surface area contributed by atoms with E-state index in [0.717, 1.165) is 50.1 Å². The predicted octanol–water partition coefficient (Wildman–Crippen LogP) is 2.20. The summed E-state index contributed by atoms with van der Waals surface area (Å²) in [5.74, 6) is 0.717. The molecule has 1 aromatic carbocycles. The van der Waals surface area contributed by atoms with Crippen LogP contribution in [-0.2, 0) is 20.9 Å². The molecule has 2 saturated heterocycles. The molecular formula is C22H30ClN3O4. The molecule has 0 atom stereocenters. The number of amides is 2. The lowest BCUT2D eigenvalue weighted by atomic mass is 9.91. The SMILES string of the molecule is NC(=O)CCN1CCC(C(=O)N2Cc3cc(Cl)ccc3OC3(CCOCC3)C2)CC1. The van der Waals surface area contributed by atoms with Gasteiger partial charge >= 0.3 is 0 Å². The maximum absolute atomic E-state index is 13.5. The summed E-state index contributed by atoms with van der Waals surface area (Å²) >= 11 is 6.23. The fourth-order valence-corrected chi connectivity index (χ4v) is 4.93. The van der Waals surface area contributed by atoms with Gasteiger partial charge in [0.1, 0.15) is 11.4 Å². The highest BCUT2D eigenvalue weighted by molar-refractivity contribution is 6.30. The molecule has 3 aliphatic heterocycles. The Labute approximate surface area is 182 Å². The summed E-state index contributed by atoms with van der Waals surface area (Å²) < 4.78 is 12.1. The fourth-order valence-electron chi connectivity index (χ4n) is 4.74. The number of nitrogens with zero attached hydrogens (tertiary/aromatic N) is 2. The van der Waals surface area contributed by atoms with E-state index in [1.54, 1.807) is 0 Å². The molecule has 7 nitrogen and oxygen atoms in total. The minimum absolute atomic E-state index is 0.00699. The van der Waals surface area contributed by atoms with Crippen molar-refractivity contribution in [3.05, 3.63) is 28.8 Å². The van der Waals surface area contributed by atoms with Gasteiger partial charge in [0, 0.05) is 48.9 Å². The Morgan fingerprint density at radius 1 is 1.20 bits per heavy atom. The normalized spacial score (nSPS) is 22.2. The summed E-state index contributed by atoms with van der Waals surface area (Å²) in [6.45, 7) is 4.67. The van der Waals surface area contributed by atoms with Crippen LogP contribution < -0.4 is 10.5 Å². The van der Waals surface area contributed by atoms with Gasteiger partial charge in [-0.1, -0.05) is 11.6 Å². The van der Waals surface area contributed by atoms with Gasteiger partial charge < -0.3 is 25.0 Å². The lowest BCUT2D eigenvalue weighted by Gasteiger charge is -2.40. The molecule has 1 aromatic rings. The summed E-state index contributed by atoms with van der Waals surface area (Å²) in [5.41, 5.74) is 5.81. The Morgan fingerprint density at radius 3 is 2.63 bits per heavy atom. The van der Waals surface area contributed by atoms with Gasteiger partial charge in [-0.3, -0.25) is 9.59 Å². The minimum Gasteiger partial charge on any atom is -0.485 e. The first-order valence-electron chi connectivity index (χ1n) is 10.8. The van der Waals surface area contributed by atoms with E-state index in [2.05, 4.69) is 4.90 Å². The molecule has 8 heteroatoms. The van der Waals surface area contributed by atoms with E-state index < -0.39 is 5.60 Å². The molecular weight excluding hydrogens is 406 g/mol. The Hall–Kier alpha value is -1.83. The third-order valence-electron chi connectivity index (χ3n) is 6.52.